The monoisotopic (exact) mass is 453 g/mol. The predicted octanol–water partition coefficient (Wildman–Crippen LogP) is 2.31. The molecule has 0 radical (unpaired) electrons. The van der Waals surface area contributed by atoms with Crippen molar-refractivity contribution in [3.8, 4) is 0 Å². The Kier molecular flexibility index (Phi) is 6.08. The number of anilines is 1. The highest BCUT2D eigenvalue weighted by Crippen LogP contribution is 2.29. The minimum atomic E-state index is -0.206. The number of likely N-dealkylation sites (N-methyl/N-ethyl adjacent to an activating group) is 1. The zero-order valence-electron chi connectivity index (χ0n) is 18.7. The average Bonchev–Trinajstić information content (AvgIpc) is 3.52. The lowest BCUT2D eigenvalue weighted by Crippen LogP contribution is -2.51. The zero-order valence-corrected chi connectivity index (χ0v) is 18.7. The van der Waals surface area contributed by atoms with Crippen LogP contribution in [0.3, 0.4) is 0 Å². The third-order valence-electron chi connectivity index (χ3n) is 6.66. The SMILES string of the molecule is CN(C(=O)CCc1nc(N2CCC(c3ccc(F)cc3)CC2)no1)C1Cn2ccnc2CN1. The van der Waals surface area contributed by atoms with E-state index in [1.54, 1.807) is 11.1 Å². The van der Waals surface area contributed by atoms with E-state index in [0.717, 1.165) is 31.8 Å². The Morgan fingerprint density at radius 2 is 2.06 bits per heavy atom. The first-order valence-electron chi connectivity index (χ1n) is 11.4. The number of nitrogens with one attached hydrogen (secondary N) is 1. The van der Waals surface area contributed by atoms with Crippen molar-refractivity contribution in [1.29, 1.82) is 0 Å². The number of carbonyl (C=O) groups is 1. The Morgan fingerprint density at radius 1 is 1.27 bits per heavy atom. The molecule has 10 heteroatoms. The smallest absolute Gasteiger partial charge is 0.266 e. The Hall–Kier alpha value is -3.27. The molecule has 1 N–H and O–H groups in total. The van der Waals surface area contributed by atoms with Crippen LogP contribution in [0.2, 0.25) is 0 Å². The Morgan fingerprint density at radius 3 is 2.85 bits per heavy atom. The lowest BCUT2D eigenvalue weighted by atomic mass is 9.89. The number of imidazole rings is 1. The van der Waals surface area contributed by atoms with Crippen LogP contribution < -0.4 is 10.2 Å². The summed E-state index contributed by atoms with van der Waals surface area (Å²) in [5, 5.41) is 7.47. The van der Waals surface area contributed by atoms with Gasteiger partial charge in [-0.2, -0.15) is 4.98 Å². The van der Waals surface area contributed by atoms with Gasteiger partial charge >= 0.3 is 0 Å². The van der Waals surface area contributed by atoms with Crippen LogP contribution in [-0.4, -0.2) is 56.8 Å². The third kappa shape index (κ3) is 4.75. The van der Waals surface area contributed by atoms with Crippen molar-refractivity contribution < 1.29 is 13.7 Å². The molecule has 0 bridgehead atoms. The maximum Gasteiger partial charge on any atom is 0.266 e. The average molecular weight is 454 g/mol. The number of rotatable bonds is 6. The number of aryl methyl sites for hydroxylation is 1. The van der Waals surface area contributed by atoms with E-state index in [1.807, 2.05) is 25.4 Å². The van der Waals surface area contributed by atoms with Gasteiger partial charge in [-0.15, -0.1) is 0 Å². The molecule has 2 aliphatic rings. The van der Waals surface area contributed by atoms with Crippen molar-refractivity contribution in [2.45, 2.75) is 50.9 Å². The van der Waals surface area contributed by atoms with Crippen molar-refractivity contribution in [3.05, 3.63) is 59.8 Å². The number of aromatic nitrogens is 4. The summed E-state index contributed by atoms with van der Waals surface area (Å²) < 4.78 is 20.6. The topological polar surface area (TPSA) is 92.3 Å². The number of carbonyl (C=O) groups excluding carboxylic acids is 1. The van der Waals surface area contributed by atoms with E-state index in [1.165, 1.54) is 17.7 Å². The van der Waals surface area contributed by atoms with Crippen molar-refractivity contribution in [2.75, 3.05) is 25.0 Å². The summed E-state index contributed by atoms with van der Waals surface area (Å²) in [5.41, 5.74) is 1.17. The minimum Gasteiger partial charge on any atom is -0.338 e. The van der Waals surface area contributed by atoms with E-state index in [4.69, 9.17) is 4.52 Å². The molecule has 2 aliphatic heterocycles. The molecule has 1 saturated heterocycles. The van der Waals surface area contributed by atoms with Gasteiger partial charge in [0.25, 0.3) is 5.95 Å². The van der Waals surface area contributed by atoms with Crippen LogP contribution in [-0.2, 0) is 24.3 Å². The standard InChI is InChI=1S/C23H28FN7O2/c1-29(20-15-31-13-10-25-19(31)14-26-20)22(32)7-6-21-27-23(28-33-21)30-11-8-17(9-12-30)16-2-4-18(24)5-3-16/h2-5,10,13,17,20,26H,6-9,11-12,14-15H2,1H3. The molecule has 1 amide bonds. The van der Waals surface area contributed by atoms with Gasteiger partial charge in [-0.25, -0.2) is 9.37 Å². The normalized spacial score (nSPS) is 18.8. The van der Waals surface area contributed by atoms with Gasteiger partial charge in [-0.1, -0.05) is 12.1 Å². The second-order valence-electron chi connectivity index (χ2n) is 8.70. The van der Waals surface area contributed by atoms with Gasteiger partial charge in [-0.3, -0.25) is 10.1 Å². The fraction of sp³-hybridized carbons (Fsp3) is 0.478. The van der Waals surface area contributed by atoms with Crippen LogP contribution in [0.15, 0.2) is 41.2 Å². The molecular formula is C23H28FN7O2. The van der Waals surface area contributed by atoms with Crippen molar-refractivity contribution in [3.63, 3.8) is 0 Å². The molecule has 9 nitrogen and oxygen atoms in total. The molecule has 4 heterocycles. The molecule has 0 aliphatic carbocycles. The van der Waals surface area contributed by atoms with Gasteiger partial charge in [0.15, 0.2) is 0 Å². The van der Waals surface area contributed by atoms with Gasteiger partial charge in [0.1, 0.15) is 17.8 Å². The maximum absolute atomic E-state index is 13.2. The highest BCUT2D eigenvalue weighted by atomic mass is 19.1. The molecule has 2 aromatic heterocycles. The third-order valence-corrected chi connectivity index (χ3v) is 6.66. The van der Waals surface area contributed by atoms with Crippen molar-refractivity contribution in [1.82, 2.24) is 29.9 Å². The van der Waals surface area contributed by atoms with Crippen molar-refractivity contribution >= 4 is 11.9 Å². The van der Waals surface area contributed by atoms with Crippen LogP contribution in [0.4, 0.5) is 10.3 Å². The first-order chi connectivity index (χ1) is 16.1. The van der Waals surface area contributed by atoms with Crippen LogP contribution >= 0.6 is 0 Å². The van der Waals surface area contributed by atoms with Gasteiger partial charge in [0.05, 0.1) is 13.1 Å². The summed E-state index contributed by atoms with van der Waals surface area (Å²) in [5.74, 6) is 2.25. The highest BCUT2D eigenvalue weighted by molar-refractivity contribution is 5.76. The maximum atomic E-state index is 13.2. The number of halogens is 1. The van der Waals surface area contributed by atoms with Gasteiger partial charge in [-0.05, 0) is 41.6 Å². The number of amides is 1. The van der Waals surface area contributed by atoms with Gasteiger partial charge in [0, 0.05) is 45.4 Å². The first-order valence-corrected chi connectivity index (χ1v) is 11.4. The molecule has 0 spiro atoms. The molecule has 3 aromatic rings. The van der Waals surface area contributed by atoms with Gasteiger partial charge < -0.3 is 18.9 Å². The Balaban J connectivity index is 1.10. The number of hydrogen-bond donors (Lipinski definition) is 1. The lowest BCUT2D eigenvalue weighted by Gasteiger charge is -2.33. The lowest BCUT2D eigenvalue weighted by molar-refractivity contribution is -0.133. The summed E-state index contributed by atoms with van der Waals surface area (Å²) in [4.78, 5) is 25.3. The van der Waals surface area contributed by atoms with E-state index in [-0.39, 0.29) is 17.9 Å². The summed E-state index contributed by atoms with van der Waals surface area (Å²) in [7, 11) is 1.81. The van der Waals surface area contributed by atoms with E-state index in [2.05, 4.69) is 29.9 Å². The quantitative estimate of drug-likeness (QED) is 0.612. The van der Waals surface area contributed by atoms with Crippen LogP contribution in [0.25, 0.3) is 0 Å². The number of hydrogen-bond acceptors (Lipinski definition) is 7. The second kappa shape index (κ2) is 9.30. The molecule has 1 aromatic carbocycles. The summed E-state index contributed by atoms with van der Waals surface area (Å²) in [6.45, 7) is 2.94. The highest BCUT2D eigenvalue weighted by Gasteiger charge is 2.26. The molecule has 1 fully saturated rings. The summed E-state index contributed by atoms with van der Waals surface area (Å²) >= 11 is 0. The second-order valence-corrected chi connectivity index (χ2v) is 8.70. The van der Waals surface area contributed by atoms with E-state index in [9.17, 15) is 9.18 Å². The molecule has 174 valence electrons. The molecule has 5 rings (SSSR count). The van der Waals surface area contributed by atoms with Gasteiger partial charge in [0.2, 0.25) is 11.8 Å². The largest absolute Gasteiger partial charge is 0.338 e. The van der Waals surface area contributed by atoms with Crippen molar-refractivity contribution in [2.24, 2.45) is 0 Å². The Bertz CT molecular complexity index is 1090. The van der Waals surface area contributed by atoms with E-state index in [0.29, 0.717) is 43.7 Å². The molecule has 0 saturated carbocycles. The Labute approximate surface area is 191 Å². The fourth-order valence-electron chi connectivity index (χ4n) is 4.58. The van der Waals surface area contributed by atoms with E-state index >= 15 is 0 Å². The number of piperidine rings is 1. The number of benzene rings is 1. The van der Waals surface area contributed by atoms with Crippen LogP contribution in [0.5, 0.6) is 0 Å². The van der Waals surface area contributed by atoms with Crippen LogP contribution in [0.1, 0.15) is 42.5 Å². The first kappa shape index (κ1) is 21.6. The minimum absolute atomic E-state index is 0.0240. The number of nitrogens with zero attached hydrogens (tertiary/aromatic N) is 6. The molecule has 33 heavy (non-hydrogen) atoms. The molecule has 1 atom stereocenters. The number of fused-ring (bicyclic) bond motifs is 1. The molecular weight excluding hydrogens is 425 g/mol. The van der Waals surface area contributed by atoms with Crippen LogP contribution in [0, 0.1) is 5.82 Å². The summed E-state index contributed by atoms with van der Waals surface area (Å²) in [6.07, 6.45) is 6.26. The molecule has 1 unspecified atom stereocenters. The summed E-state index contributed by atoms with van der Waals surface area (Å²) in [6, 6.07) is 6.77. The van der Waals surface area contributed by atoms with E-state index < -0.39 is 0 Å². The fourth-order valence-corrected chi connectivity index (χ4v) is 4.58. The predicted molar refractivity (Wildman–Crippen MR) is 119 cm³/mol. The zero-order chi connectivity index (χ0) is 22.8.